The number of aryl methyl sites for hydroxylation is 2. The van der Waals surface area contributed by atoms with Gasteiger partial charge in [0, 0.05) is 17.6 Å². The van der Waals surface area contributed by atoms with Gasteiger partial charge >= 0.3 is 0 Å². The fraction of sp³-hybridized carbons (Fsp3) is 0.391. The zero-order valence-corrected chi connectivity index (χ0v) is 21.5. The molecule has 9 heteroatoms. The molecular formula is C23H30BrN3O4S. The lowest BCUT2D eigenvalue weighted by Crippen LogP contribution is -2.51. The van der Waals surface area contributed by atoms with Gasteiger partial charge in [-0.25, -0.2) is 8.42 Å². The monoisotopic (exact) mass is 523 g/mol. The van der Waals surface area contributed by atoms with Gasteiger partial charge < -0.3 is 10.2 Å². The summed E-state index contributed by atoms with van der Waals surface area (Å²) in [7, 11) is -3.74. The van der Waals surface area contributed by atoms with Gasteiger partial charge in [-0.2, -0.15) is 0 Å². The summed E-state index contributed by atoms with van der Waals surface area (Å²) in [6.07, 6.45) is 1.08. The molecule has 2 aromatic rings. The second-order valence-electron chi connectivity index (χ2n) is 7.78. The number of hydrogen-bond donors (Lipinski definition) is 1. The maximum atomic E-state index is 13.4. The van der Waals surface area contributed by atoms with Crippen LogP contribution >= 0.6 is 15.9 Å². The van der Waals surface area contributed by atoms with Crippen molar-refractivity contribution >= 4 is 43.5 Å². The molecule has 1 atom stereocenters. The molecule has 0 unspecified atom stereocenters. The Morgan fingerprint density at radius 1 is 1.12 bits per heavy atom. The smallest absolute Gasteiger partial charge is 0.244 e. The summed E-state index contributed by atoms with van der Waals surface area (Å²) in [5, 5.41) is 2.74. The highest BCUT2D eigenvalue weighted by Gasteiger charge is 2.30. The first-order chi connectivity index (χ1) is 14.9. The number of benzene rings is 2. The van der Waals surface area contributed by atoms with Gasteiger partial charge in [0.05, 0.1) is 11.9 Å². The van der Waals surface area contributed by atoms with Gasteiger partial charge in [-0.3, -0.25) is 13.9 Å². The van der Waals surface area contributed by atoms with Crippen LogP contribution in [0.3, 0.4) is 0 Å². The molecule has 2 amide bonds. The molecule has 0 radical (unpaired) electrons. The van der Waals surface area contributed by atoms with Crippen LogP contribution in [0.4, 0.5) is 5.69 Å². The van der Waals surface area contributed by atoms with Crippen molar-refractivity contribution < 1.29 is 18.0 Å². The van der Waals surface area contributed by atoms with E-state index < -0.39 is 28.5 Å². The second-order valence-corrected chi connectivity index (χ2v) is 10.6. The number of anilines is 1. The molecule has 0 heterocycles. The van der Waals surface area contributed by atoms with Gasteiger partial charge in [0.2, 0.25) is 21.8 Å². The van der Waals surface area contributed by atoms with Crippen LogP contribution in [0.1, 0.15) is 30.5 Å². The first-order valence-corrected chi connectivity index (χ1v) is 12.9. The molecular weight excluding hydrogens is 494 g/mol. The van der Waals surface area contributed by atoms with Crippen molar-refractivity contribution in [3.63, 3.8) is 0 Å². The fourth-order valence-electron chi connectivity index (χ4n) is 3.32. The Morgan fingerprint density at radius 3 is 2.41 bits per heavy atom. The molecule has 1 N–H and O–H groups in total. The van der Waals surface area contributed by atoms with Crippen molar-refractivity contribution in [2.75, 3.05) is 23.7 Å². The van der Waals surface area contributed by atoms with E-state index in [9.17, 15) is 18.0 Å². The summed E-state index contributed by atoms with van der Waals surface area (Å²) in [5.74, 6) is -0.761. The Balaban J connectivity index is 2.43. The highest BCUT2D eigenvalue weighted by molar-refractivity contribution is 9.10. The molecule has 0 aliphatic rings. The van der Waals surface area contributed by atoms with Gasteiger partial charge in [0.1, 0.15) is 12.6 Å². The number of amides is 2. The number of halogens is 1. The number of carbonyl (C=O) groups is 2. The van der Waals surface area contributed by atoms with Crippen molar-refractivity contribution in [1.82, 2.24) is 10.2 Å². The van der Waals surface area contributed by atoms with E-state index in [1.165, 1.54) is 4.90 Å². The summed E-state index contributed by atoms with van der Waals surface area (Å²) in [6, 6.07) is 12.1. The first kappa shape index (κ1) is 25.9. The highest BCUT2D eigenvalue weighted by atomic mass is 79.9. The van der Waals surface area contributed by atoms with Gasteiger partial charge in [0.25, 0.3) is 0 Å². The largest absolute Gasteiger partial charge is 0.355 e. The molecule has 2 rings (SSSR count). The van der Waals surface area contributed by atoms with Crippen molar-refractivity contribution in [1.29, 1.82) is 0 Å². The van der Waals surface area contributed by atoms with E-state index in [0.717, 1.165) is 31.7 Å². The summed E-state index contributed by atoms with van der Waals surface area (Å²) in [6.45, 7) is 7.30. The van der Waals surface area contributed by atoms with Crippen LogP contribution in [-0.2, 0) is 26.2 Å². The van der Waals surface area contributed by atoms with Gasteiger partial charge in [-0.15, -0.1) is 0 Å². The van der Waals surface area contributed by atoms with E-state index in [2.05, 4.69) is 21.2 Å². The molecule has 0 aliphatic carbocycles. The zero-order chi connectivity index (χ0) is 24.1. The highest BCUT2D eigenvalue weighted by Crippen LogP contribution is 2.24. The van der Waals surface area contributed by atoms with Crippen LogP contribution in [0, 0.1) is 13.8 Å². The topological polar surface area (TPSA) is 86.8 Å². The van der Waals surface area contributed by atoms with Gasteiger partial charge in [-0.05, 0) is 62.6 Å². The number of carbonyl (C=O) groups excluding carboxylic acids is 2. The molecule has 2 aromatic carbocycles. The molecule has 0 bridgehead atoms. The molecule has 32 heavy (non-hydrogen) atoms. The average Bonchev–Trinajstić information content (AvgIpc) is 2.71. The summed E-state index contributed by atoms with van der Waals surface area (Å²) in [5.41, 5.74) is 2.90. The van der Waals surface area contributed by atoms with Crippen LogP contribution < -0.4 is 9.62 Å². The van der Waals surface area contributed by atoms with Crippen molar-refractivity contribution in [2.24, 2.45) is 0 Å². The average molecular weight is 524 g/mol. The van der Waals surface area contributed by atoms with Crippen LogP contribution in [0.2, 0.25) is 0 Å². The third-order valence-corrected chi connectivity index (χ3v) is 6.69. The maximum Gasteiger partial charge on any atom is 0.244 e. The van der Waals surface area contributed by atoms with Crippen LogP contribution in [0.5, 0.6) is 0 Å². The van der Waals surface area contributed by atoms with Crippen LogP contribution in [0.15, 0.2) is 46.9 Å². The van der Waals surface area contributed by atoms with E-state index in [1.807, 2.05) is 43.3 Å². The van der Waals surface area contributed by atoms with E-state index in [1.54, 1.807) is 26.8 Å². The summed E-state index contributed by atoms with van der Waals surface area (Å²) >= 11 is 3.42. The Bertz CT molecular complexity index is 1090. The van der Waals surface area contributed by atoms with Crippen molar-refractivity contribution in [2.45, 2.75) is 40.3 Å². The Kier molecular flexibility index (Phi) is 8.86. The first-order valence-electron chi connectivity index (χ1n) is 10.3. The third kappa shape index (κ3) is 6.80. The summed E-state index contributed by atoms with van der Waals surface area (Å²) in [4.78, 5) is 27.4. The quantitative estimate of drug-likeness (QED) is 0.545. The number of rotatable bonds is 9. The molecule has 0 spiro atoms. The molecule has 0 saturated heterocycles. The predicted octanol–water partition coefficient (Wildman–Crippen LogP) is 3.39. The van der Waals surface area contributed by atoms with Gasteiger partial charge in [-0.1, -0.05) is 40.2 Å². The maximum absolute atomic E-state index is 13.4. The van der Waals surface area contributed by atoms with Crippen molar-refractivity contribution in [3.05, 3.63) is 63.6 Å². The van der Waals surface area contributed by atoms with E-state index in [4.69, 9.17) is 0 Å². The molecule has 7 nitrogen and oxygen atoms in total. The Labute approximate surface area is 199 Å². The predicted molar refractivity (Wildman–Crippen MR) is 131 cm³/mol. The Hall–Kier alpha value is -2.39. The van der Waals surface area contributed by atoms with Crippen LogP contribution in [-0.4, -0.2) is 50.5 Å². The van der Waals surface area contributed by atoms with Crippen LogP contribution in [0.25, 0.3) is 0 Å². The number of nitrogens with zero attached hydrogens (tertiary/aromatic N) is 2. The molecule has 0 saturated carbocycles. The number of nitrogens with one attached hydrogen (secondary N) is 1. The van der Waals surface area contributed by atoms with E-state index >= 15 is 0 Å². The summed E-state index contributed by atoms with van der Waals surface area (Å²) < 4.78 is 27.2. The lowest BCUT2D eigenvalue weighted by atomic mass is 10.1. The zero-order valence-electron chi connectivity index (χ0n) is 19.1. The van der Waals surface area contributed by atoms with E-state index in [0.29, 0.717) is 12.2 Å². The fourth-order valence-corrected chi connectivity index (χ4v) is 4.67. The number of sulfonamides is 1. The normalized spacial score (nSPS) is 12.2. The minimum absolute atomic E-state index is 0.168. The second kappa shape index (κ2) is 11.0. The minimum atomic E-state index is -3.74. The minimum Gasteiger partial charge on any atom is -0.355 e. The molecule has 0 fully saturated rings. The molecule has 0 aliphatic heterocycles. The third-order valence-electron chi connectivity index (χ3n) is 5.07. The lowest BCUT2D eigenvalue weighted by Gasteiger charge is -2.32. The Morgan fingerprint density at radius 2 is 1.81 bits per heavy atom. The molecule has 174 valence electrons. The van der Waals surface area contributed by atoms with Crippen molar-refractivity contribution in [3.8, 4) is 0 Å². The van der Waals surface area contributed by atoms with E-state index in [-0.39, 0.29) is 12.5 Å². The standard InChI is InChI=1S/C23H30BrN3O4S/c1-6-25-23(29)18(4)26(14-19-8-7-9-20(24)13-19)22(28)15-27(32(5,30)31)21-12-16(2)10-11-17(21)3/h7-13,18H,6,14-15H2,1-5H3,(H,25,29)/t18-/m0/s1. The van der Waals surface area contributed by atoms with Gasteiger partial charge in [0.15, 0.2) is 0 Å². The molecule has 0 aromatic heterocycles. The number of likely N-dealkylation sites (N-methyl/N-ethyl adjacent to an activating group) is 1. The number of hydrogen-bond acceptors (Lipinski definition) is 4. The SMILES string of the molecule is CCNC(=O)[C@H](C)N(Cc1cccc(Br)c1)C(=O)CN(c1cc(C)ccc1C)S(C)(=O)=O. The lowest BCUT2D eigenvalue weighted by molar-refractivity contribution is -0.139.